The Hall–Kier alpha value is -3.75. The molecule has 0 radical (unpaired) electrons. The lowest BCUT2D eigenvalue weighted by Crippen LogP contribution is -2.35. The third kappa shape index (κ3) is 6.40. The van der Waals surface area contributed by atoms with Gasteiger partial charge in [0.25, 0.3) is 5.91 Å². The Morgan fingerprint density at radius 1 is 0.900 bits per heavy atom. The fraction of sp³-hybridized carbons (Fsp3) is 0.286. The molecule has 0 fully saturated rings. The number of hydrogen-bond donors (Lipinski definition) is 3. The average Bonchev–Trinajstić information content (AvgIpc) is 2.75. The number of primary amides is 1. The van der Waals surface area contributed by atoms with Gasteiger partial charge in [-0.05, 0) is 42.3 Å². The lowest BCUT2D eigenvalue weighted by atomic mass is 10.1. The maximum Gasteiger partial charge on any atom is 0.338 e. The molecule has 0 aliphatic carbocycles. The fourth-order valence-corrected chi connectivity index (χ4v) is 2.55. The van der Waals surface area contributed by atoms with Crippen LogP contribution in [0.25, 0.3) is 0 Å². The van der Waals surface area contributed by atoms with E-state index in [-0.39, 0.29) is 18.7 Å². The minimum Gasteiger partial charge on any atom is -0.493 e. The predicted octanol–water partition coefficient (Wildman–Crippen LogP) is 1.73. The Labute approximate surface area is 174 Å². The Bertz CT molecular complexity index is 898. The lowest BCUT2D eigenvalue weighted by molar-refractivity contribution is -0.129. The van der Waals surface area contributed by atoms with Crippen molar-refractivity contribution in [2.45, 2.75) is 26.1 Å². The van der Waals surface area contributed by atoms with Crippen molar-refractivity contribution in [3.63, 3.8) is 0 Å². The van der Waals surface area contributed by atoms with Crippen LogP contribution in [0.15, 0.2) is 42.5 Å². The van der Waals surface area contributed by atoms with Crippen LogP contribution in [0, 0.1) is 0 Å². The van der Waals surface area contributed by atoms with Crippen LogP contribution in [0.4, 0.5) is 4.79 Å². The highest BCUT2D eigenvalue weighted by Crippen LogP contribution is 2.27. The molecule has 9 heteroatoms. The minimum atomic E-state index is -0.978. The topological polar surface area (TPSA) is 129 Å². The molecule has 0 saturated carbocycles. The van der Waals surface area contributed by atoms with Crippen molar-refractivity contribution < 1.29 is 28.6 Å². The number of nitrogens with one attached hydrogen (secondary N) is 2. The van der Waals surface area contributed by atoms with Gasteiger partial charge in [-0.15, -0.1) is 0 Å². The van der Waals surface area contributed by atoms with Crippen molar-refractivity contribution in [3.8, 4) is 11.5 Å². The van der Waals surface area contributed by atoms with Crippen molar-refractivity contribution in [1.82, 2.24) is 10.6 Å². The third-order valence-corrected chi connectivity index (χ3v) is 4.22. The largest absolute Gasteiger partial charge is 0.493 e. The number of benzene rings is 2. The maximum absolute atomic E-state index is 12.3. The second-order valence-corrected chi connectivity index (χ2v) is 6.37. The van der Waals surface area contributed by atoms with Gasteiger partial charge in [-0.3, -0.25) is 4.79 Å². The van der Waals surface area contributed by atoms with Gasteiger partial charge in [-0.2, -0.15) is 0 Å². The molecule has 9 nitrogen and oxygen atoms in total. The molecule has 4 N–H and O–H groups in total. The minimum absolute atomic E-state index is 0.239. The molecule has 30 heavy (non-hydrogen) atoms. The van der Waals surface area contributed by atoms with E-state index in [1.807, 2.05) is 0 Å². The molecule has 3 amide bonds. The van der Waals surface area contributed by atoms with Crippen molar-refractivity contribution in [3.05, 3.63) is 59.2 Å². The summed E-state index contributed by atoms with van der Waals surface area (Å²) in [5, 5.41) is 5.17. The average molecular weight is 415 g/mol. The Morgan fingerprint density at radius 2 is 1.50 bits per heavy atom. The second kappa shape index (κ2) is 10.7. The summed E-state index contributed by atoms with van der Waals surface area (Å²) in [6, 6.07) is 11.1. The van der Waals surface area contributed by atoms with Gasteiger partial charge in [0, 0.05) is 13.1 Å². The number of esters is 1. The predicted molar refractivity (Wildman–Crippen MR) is 109 cm³/mol. The Balaban J connectivity index is 1.87. The van der Waals surface area contributed by atoms with Crippen LogP contribution in [0.2, 0.25) is 0 Å². The summed E-state index contributed by atoms with van der Waals surface area (Å²) in [6.45, 7) is 1.98. The van der Waals surface area contributed by atoms with Gasteiger partial charge in [0.1, 0.15) is 0 Å². The molecular formula is C21H25N3O6. The number of amides is 3. The van der Waals surface area contributed by atoms with Gasteiger partial charge in [0.15, 0.2) is 17.6 Å². The number of hydrogen-bond acceptors (Lipinski definition) is 6. The van der Waals surface area contributed by atoms with E-state index in [0.717, 1.165) is 11.1 Å². The van der Waals surface area contributed by atoms with Gasteiger partial charge in [-0.25, -0.2) is 9.59 Å². The summed E-state index contributed by atoms with van der Waals surface area (Å²) >= 11 is 0. The summed E-state index contributed by atoms with van der Waals surface area (Å²) in [4.78, 5) is 35.2. The second-order valence-electron chi connectivity index (χ2n) is 6.37. The first-order valence-corrected chi connectivity index (χ1v) is 9.16. The van der Waals surface area contributed by atoms with Crippen LogP contribution in [0.5, 0.6) is 11.5 Å². The van der Waals surface area contributed by atoms with E-state index in [2.05, 4.69) is 10.6 Å². The van der Waals surface area contributed by atoms with E-state index in [9.17, 15) is 14.4 Å². The van der Waals surface area contributed by atoms with Crippen LogP contribution in [-0.2, 0) is 22.6 Å². The van der Waals surface area contributed by atoms with Crippen LogP contribution >= 0.6 is 0 Å². The van der Waals surface area contributed by atoms with Gasteiger partial charge < -0.3 is 30.6 Å². The summed E-state index contributed by atoms with van der Waals surface area (Å²) in [6.07, 6.45) is -0.978. The third-order valence-electron chi connectivity index (χ3n) is 4.22. The van der Waals surface area contributed by atoms with Crippen molar-refractivity contribution in [2.75, 3.05) is 14.2 Å². The van der Waals surface area contributed by atoms with Crippen molar-refractivity contribution in [1.29, 1.82) is 0 Å². The highest BCUT2D eigenvalue weighted by molar-refractivity contribution is 5.92. The molecule has 0 heterocycles. The van der Waals surface area contributed by atoms with Crippen molar-refractivity contribution in [2.24, 2.45) is 5.73 Å². The molecule has 2 aromatic carbocycles. The molecule has 160 valence electrons. The first-order valence-electron chi connectivity index (χ1n) is 9.16. The molecule has 2 rings (SSSR count). The summed E-state index contributed by atoms with van der Waals surface area (Å²) in [5.41, 5.74) is 6.88. The van der Waals surface area contributed by atoms with Crippen LogP contribution in [0.3, 0.4) is 0 Å². The molecule has 0 aromatic heterocycles. The quantitative estimate of drug-likeness (QED) is 0.535. The van der Waals surface area contributed by atoms with Crippen LogP contribution < -0.4 is 25.8 Å². The molecule has 0 bridgehead atoms. The normalized spacial score (nSPS) is 11.2. The van der Waals surface area contributed by atoms with E-state index in [1.165, 1.54) is 14.0 Å². The molecule has 0 spiro atoms. The van der Waals surface area contributed by atoms with E-state index in [4.69, 9.17) is 19.9 Å². The number of methoxy groups -OCH3 is 2. The van der Waals surface area contributed by atoms with Crippen molar-refractivity contribution >= 4 is 17.9 Å². The monoisotopic (exact) mass is 415 g/mol. The summed E-state index contributed by atoms with van der Waals surface area (Å²) < 4.78 is 15.6. The molecular weight excluding hydrogens is 390 g/mol. The SMILES string of the molecule is COc1ccc(CNC(=O)C(C)OC(=O)c2ccc(CNC(N)=O)cc2)cc1OC. The number of ether oxygens (including phenoxy) is 3. The zero-order chi connectivity index (χ0) is 22.1. The zero-order valence-electron chi connectivity index (χ0n) is 17.1. The zero-order valence-corrected chi connectivity index (χ0v) is 17.1. The first kappa shape index (κ1) is 22.5. The van der Waals surface area contributed by atoms with Gasteiger partial charge >= 0.3 is 12.0 Å². The number of rotatable bonds is 9. The number of nitrogens with two attached hydrogens (primary N) is 1. The molecule has 0 saturated heterocycles. The molecule has 2 aromatic rings. The van der Waals surface area contributed by atoms with Crippen LogP contribution in [0.1, 0.15) is 28.4 Å². The van der Waals surface area contributed by atoms with Crippen LogP contribution in [-0.4, -0.2) is 38.2 Å². The lowest BCUT2D eigenvalue weighted by Gasteiger charge is -2.14. The first-order chi connectivity index (χ1) is 14.3. The number of carbonyl (C=O) groups is 3. The Morgan fingerprint density at radius 3 is 2.10 bits per heavy atom. The van der Waals surface area contributed by atoms with E-state index < -0.39 is 24.0 Å². The maximum atomic E-state index is 12.3. The summed E-state index contributed by atoms with van der Waals surface area (Å²) in [7, 11) is 3.07. The smallest absolute Gasteiger partial charge is 0.338 e. The molecule has 1 unspecified atom stereocenters. The summed E-state index contributed by atoms with van der Waals surface area (Å²) in [5.74, 6) is 0.0862. The number of carbonyl (C=O) groups excluding carboxylic acids is 3. The van der Waals surface area contributed by atoms with E-state index >= 15 is 0 Å². The Kier molecular flexibility index (Phi) is 8.04. The van der Waals surface area contributed by atoms with Gasteiger partial charge in [0.2, 0.25) is 0 Å². The molecule has 0 aliphatic rings. The standard InChI is InChI=1S/C21H25N3O6/c1-13(19(25)23-12-15-6-9-17(28-2)18(10-15)29-3)30-20(26)16-7-4-14(5-8-16)11-24-21(22)27/h4-10,13H,11-12H2,1-3H3,(H,23,25)(H3,22,24,27). The van der Waals surface area contributed by atoms with Gasteiger partial charge in [0.05, 0.1) is 19.8 Å². The highest BCUT2D eigenvalue weighted by atomic mass is 16.5. The number of urea groups is 1. The van der Waals surface area contributed by atoms with E-state index in [0.29, 0.717) is 11.5 Å². The van der Waals surface area contributed by atoms with Gasteiger partial charge in [-0.1, -0.05) is 18.2 Å². The fourth-order valence-electron chi connectivity index (χ4n) is 2.55. The molecule has 1 atom stereocenters. The van der Waals surface area contributed by atoms with E-state index in [1.54, 1.807) is 49.6 Å². The highest BCUT2D eigenvalue weighted by Gasteiger charge is 2.19. The molecule has 0 aliphatic heterocycles.